The van der Waals surface area contributed by atoms with Crippen molar-refractivity contribution in [3.63, 3.8) is 0 Å². The number of imide groups is 1. The van der Waals surface area contributed by atoms with Crippen LogP contribution in [-0.4, -0.2) is 55.6 Å². The van der Waals surface area contributed by atoms with Crippen molar-refractivity contribution >= 4 is 35.4 Å². The minimum atomic E-state index is -0.562. The Morgan fingerprint density at radius 3 is 2.62 bits per heavy atom. The van der Waals surface area contributed by atoms with Crippen molar-refractivity contribution in [2.24, 2.45) is 5.92 Å². The fourth-order valence-corrected chi connectivity index (χ4v) is 3.36. The second kappa shape index (κ2) is 7.55. The van der Waals surface area contributed by atoms with Crippen LogP contribution in [-0.2, 0) is 9.59 Å². The van der Waals surface area contributed by atoms with E-state index >= 15 is 0 Å². The van der Waals surface area contributed by atoms with Gasteiger partial charge in [-0.1, -0.05) is 0 Å². The van der Waals surface area contributed by atoms with Gasteiger partial charge in [-0.3, -0.25) is 20.4 Å². The Kier molecular flexibility index (Phi) is 5.20. The molecule has 8 nitrogen and oxygen atoms in total. The van der Waals surface area contributed by atoms with Crippen molar-refractivity contribution in [3.8, 4) is 0 Å². The SMILES string of the molecule is CNc1cc(N2CCC(C=O)CC2)ccc1C(=N)N1CCC(=O)NC1=O. The van der Waals surface area contributed by atoms with Gasteiger partial charge in [0.2, 0.25) is 5.91 Å². The minimum Gasteiger partial charge on any atom is -0.387 e. The van der Waals surface area contributed by atoms with E-state index in [-0.39, 0.29) is 30.6 Å². The number of benzene rings is 1. The van der Waals surface area contributed by atoms with Crippen molar-refractivity contribution in [3.05, 3.63) is 23.8 Å². The Morgan fingerprint density at radius 2 is 2.00 bits per heavy atom. The zero-order valence-electron chi connectivity index (χ0n) is 14.7. The zero-order valence-corrected chi connectivity index (χ0v) is 14.7. The second-order valence-electron chi connectivity index (χ2n) is 6.54. The lowest BCUT2D eigenvalue weighted by molar-refractivity contribution is -0.121. The first-order valence-corrected chi connectivity index (χ1v) is 8.75. The average Bonchev–Trinajstić information content (AvgIpc) is 2.67. The largest absolute Gasteiger partial charge is 0.387 e. The number of anilines is 2. The van der Waals surface area contributed by atoms with E-state index in [4.69, 9.17) is 5.41 Å². The third kappa shape index (κ3) is 3.54. The van der Waals surface area contributed by atoms with Crippen molar-refractivity contribution in [1.82, 2.24) is 10.2 Å². The van der Waals surface area contributed by atoms with Gasteiger partial charge in [-0.2, -0.15) is 0 Å². The van der Waals surface area contributed by atoms with Crippen molar-refractivity contribution in [1.29, 1.82) is 5.41 Å². The molecule has 2 fully saturated rings. The first kappa shape index (κ1) is 17.9. The molecule has 1 aromatic rings. The van der Waals surface area contributed by atoms with Crippen LogP contribution in [0.5, 0.6) is 0 Å². The van der Waals surface area contributed by atoms with Gasteiger partial charge in [-0.25, -0.2) is 4.79 Å². The Bertz CT molecular complexity index is 740. The number of nitrogens with one attached hydrogen (secondary N) is 3. The zero-order chi connectivity index (χ0) is 18.7. The molecule has 3 rings (SSSR count). The molecule has 0 aliphatic carbocycles. The topological polar surface area (TPSA) is 106 Å². The number of nitrogens with zero attached hydrogens (tertiary/aromatic N) is 2. The Hall–Kier alpha value is -2.90. The summed E-state index contributed by atoms with van der Waals surface area (Å²) in [6, 6.07) is 5.14. The van der Waals surface area contributed by atoms with Gasteiger partial charge in [-0.15, -0.1) is 0 Å². The summed E-state index contributed by atoms with van der Waals surface area (Å²) in [6.07, 6.45) is 2.91. The lowest BCUT2D eigenvalue weighted by atomic mass is 9.98. The molecule has 0 spiro atoms. The Morgan fingerprint density at radius 1 is 1.27 bits per heavy atom. The van der Waals surface area contributed by atoms with Crippen LogP contribution in [0.3, 0.4) is 0 Å². The van der Waals surface area contributed by atoms with Crippen LogP contribution in [0.4, 0.5) is 16.2 Å². The molecule has 0 aromatic heterocycles. The summed E-state index contributed by atoms with van der Waals surface area (Å²) >= 11 is 0. The number of urea groups is 1. The number of carbonyl (C=O) groups is 3. The maximum atomic E-state index is 12.0. The van der Waals surface area contributed by atoms with Gasteiger partial charge < -0.3 is 15.0 Å². The van der Waals surface area contributed by atoms with E-state index in [1.165, 1.54) is 4.90 Å². The Balaban J connectivity index is 1.78. The molecule has 138 valence electrons. The normalized spacial score (nSPS) is 18.5. The molecule has 8 heteroatoms. The molecule has 2 aliphatic rings. The summed E-state index contributed by atoms with van der Waals surface area (Å²) in [5.41, 5.74) is 2.37. The average molecular weight is 357 g/mol. The summed E-state index contributed by atoms with van der Waals surface area (Å²) in [5.74, 6) is -0.115. The molecular weight excluding hydrogens is 334 g/mol. The monoisotopic (exact) mass is 357 g/mol. The number of hydrogen-bond acceptors (Lipinski definition) is 6. The maximum Gasteiger partial charge on any atom is 0.329 e. The van der Waals surface area contributed by atoms with Crippen molar-refractivity contribution < 1.29 is 14.4 Å². The molecule has 0 radical (unpaired) electrons. The minimum absolute atomic E-state index is 0.0607. The van der Waals surface area contributed by atoms with Gasteiger partial charge in [-0.05, 0) is 31.0 Å². The molecule has 2 heterocycles. The van der Waals surface area contributed by atoms with E-state index in [1.54, 1.807) is 7.05 Å². The summed E-state index contributed by atoms with van der Waals surface area (Å²) in [4.78, 5) is 37.7. The van der Waals surface area contributed by atoms with Gasteiger partial charge in [0.1, 0.15) is 12.1 Å². The first-order valence-electron chi connectivity index (χ1n) is 8.75. The smallest absolute Gasteiger partial charge is 0.329 e. The van der Waals surface area contributed by atoms with E-state index in [1.807, 2.05) is 18.2 Å². The van der Waals surface area contributed by atoms with Crippen LogP contribution < -0.4 is 15.5 Å². The fourth-order valence-electron chi connectivity index (χ4n) is 3.36. The maximum absolute atomic E-state index is 12.0. The molecule has 0 atom stereocenters. The fraction of sp³-hybridized carbons (Fsp3) is 0.444. The number of carbonyl (C=O) groups excluding carboxylic acids is 3. The standard InChI is InChI=1S/C18H23N5O3/c1-20-15-10-13(22-7-4-12(11-24)5-8-22)2-3-14(15)17(19)23-9-6-16(25)21-18(23)26/h2-3,10-12,19-20H,4-9H2,1H3,(H,21,25,26). The van der Waals surface area contributed by atoms with Crippen LogP contribution in [0, 0.1) is 11.3 Å². The molecule has 0 unspecified atom stereocenters. The number of piperidine rings is 1. The quantitative estimate of drug-likeness (QED) is 0.429. The van der Waals surface area contributed by atoms with Gasteiger partial charge >= 0.3 is 6.03 Å². The Labute approximate surface area is 152 Å². The molecule has 2 saturated heterocycles. The summed E-state index contributed by atoms with van der Waals surface area (Å²) in [7, 11) is 1.77. The predicted octanol–water partition coefficient (Wildman–Crippen LogP) is 1.41. The highest BCUT2D eigenvalue weighted by atomic mass is 16.2. The van der Waals surface area contributed by atoms with Crippen LogP contribution in [0.2, 0.25) is 0 Å². The highest BCUT2D eigenvalue weighted by Crippen LogP contribution is 2.28. The molecule has 0 bridgehead atoms. The van der Waals surface area contributed by atoms with Crippen molar-refractivity contribution in [2.75, 3.05) is 36.9 Å². The van der Waals surface area contributed by atoms with Crippen molar-refractivity contribution in [2.45, 2.75) is 19.3 Å². The highest BCUT2D eigenvalue weighted by molar-refractivity contribution is 6.12. The summed E-state index contributed by atoms with van der Waals surface area (Å²) in [5, 5.41) is 13.7. The van der Waals surface area contributed by atoms with Crippen LogP contribution in [0.25, 0.3) is 0 Å². The molecule has 3 amide bonds. The molecule has 3 N–H and O–H groups in total. The molecule has 0 saturated carbocycles. The number of aldehydes is 1. The number of amidine groups is 1. The number of hydrogen-bond donors (Lipinski definition) is 3. The van der Waals surface area contributed by atoms with Gasteiger partial charge in [0.25, 0.3) is 0 Å². The molecular formula is C18H23N5O3. The van der Waals surface area contributed by atoms with Gasteiger partial charge in [0.15, 0.2) is 0 Å². The van der Waals surface area contributed by atoms with Gasteiger partial charge in [0.05, 0.1) is 0 Å². The predicted molar refractivity (Wildman–Crippen MR) is 98.7 cm³/mol. The highest BCUT2D eigenvalue weighted by Gasteiger charge is 2.28. The van der Waals surface area contributed by atoms with Crippen LogP contribution in [0.1, 0.15) is 24.8 Å². The van der Waals surface area contributed by atoms with E-state index in [9.17, 15) is 14.4 Å². The van der Waals surface area contributed by atoms with Crippen LogP contribution in [0.15, 0.2) is 18.2 Å². The van der Waals surface area contributed by atoms with E-state index in [0.29, 0.717) is 5.56 Å². The molecule has 26 heavy (non-hydrogen) atoms. The number of rotatable bonds is 4. The van der Waals surface area contributed by atoms with Crippen LogP contribution >= 0.6 is 0 Å². The van der Waals surface area contributed by atoms with E-state index < -0.39 is 6.03 Å². The lowest BCUT2D eigenvalue weighted by Gasteiger charge is -2.32. The lowest BCUT2D eigenvalue weighted by Crippen LogP contribution is -2.52. The third-order valence-corrected chi connectivity index (χ3v) is 4.95. The van der Waals surface area contributed by atoms with Gasteiger partial charge in [0, 0.05) is 56.0 Å². The third-order valence-electron chi connectivity index (χ3n) is 4.95. The number of amides is 3. The summed E-state index contributed by atoms with van der Waals surface area (Å²) in [6.45, 7) is 1.84. The van der Waals surface area contributed by atoms with E-state index in [0.717, 1.165) is 43.6 Å². The molecule has 2 aliphatic heterocycles. The second-order valence-corrected chi connectivity index (χ2v) is 6.54. The first-order chi connectivity index (χ1) is 12.5. The summed E-state index contributed by atoms with van der Waals surface area (Å²) < 4.78 is 0. The van der Waals surface area contributed by atoms with E-state index in [2.05, 4.69) is 15.5 Å². The molecule has 1 aromatic carbocycles.